The van der Waals surface area contributed by atoms with Crippen LogP contribution >= 0.6 is 11.6 Å². The molecule has 1 saturated carbocycles. The van der Waals surface area contributed by atoms with Gasteiger partial charge in [0.2, 0.25) is 5.91 Å². The van der Waals surface area contributed by atoms with Gasteiger partial charge in [-0.1, -0.05) is 18.5 Å². The van der Waals surface area contributed by atoms with Crippen molar-refractivity contribution >= 4 is 23.2 Å². The summed E-state index contributed by atoms with van der Waals surface area (Å²) in [6.45, 7) is 2.00. The monoisotopic (exact) mass is 227 g/mol. The average Bonchev–Trinajstić information content (AvgIpc) is 2.88. The van der Waals surface area contributed by atoms with Gasteiger partial charge in [-0.25, -0.2) is 4.39 Å². The molecular formula is C11H11ClFNO. The third-order valence-corrected chi connectivity index (χ3v) is 2.87. The van der Waals surface area contributed by atoms with E-state index in [1.807, 2.05) is 6.92 Å². The van der Waals surface area contributed by atoms with E-state index >= 15 is 0 Å². The van der Waals surface area contributed by atoms with Gasteiger partial charge < -0.3 is 5.32 Å². The van der Waals surface area contributed by atoms with Gasteiger partial charge in [0.25, 0.3) is 0 Å². The summed E-state index contributed by atoms with van der Waals surface area (Å²) in [6, 6.07) is 4.21. The lowest BCUT2D eigenvalue weighted by molar-refractivity contribution is -0.117. The number of carbonyl (C=O) groups is 1. The molecule has 2 rings (SSSR count). The second-order valence-electron chi connectivity index (χ2n) is 3.93. The van der Waals surface area contributed by atoms with Crippen molar-refractivity contribution in [3.63, 3.8) is 0 Å². The molecule has 1 fully saturated rings. The van der Waals surface area contributed by atoms with Gasteiger partial charge in [-0.15, -0.1) is 0 Å². The molecule has 2 unspecified atom stereocenters. The highest BCUT2D eigenvalue weighted by Gasteiger charge is 2.39. The standard InChI is InChI=1S/C11H11ClFNO/c1-6-4-8(6)11(15)14-10-3-2-7(12)5-9(10)13/h2-3,5-6,8H,4H2,1H3,(H,14,15). The normalized spacial score (nSPS) is 23.7. The zero-order valence-electron chi connectivity index (χ0n) is 8.26. The summed E-state index contributed by atoms with van der Waals surface area (Å²) < 4.78 is 13.3. The summed E-state index contributed by atoms with van der Waals surface area (Å²) in [4.78, 5) is 11.5. The molecule has 0 heterocycles. The molecule has 1 aliphatic carbocycles. The van der Waals surface area contributed by atoms with Crippen LogP contribution in [0.2, 0.25) is 5.02 Å². The maximum Gasteiger partial charge on any atom is 0.227 e. The molecule has 0 saturated heterocycles. The van der Waals surface area contributed by atoms with Gasteiger partial charge in [-0.2, -0.15) is 0 Å². The van der Waals surface area contributed by atoms with Gasteiger partial charge in [0, 0.05) is 10.9 Å². The Hall–Kier alpha value is -1.09. The Balaban J connectivity index is 2.07. The highest BCUT2D eigenvalue weighted by atomic mass is 35.5. The molecule has 1 aliphatic rings. The van der Waals surface area contributed by atoms with E-state index < -0.39 is 5.82 Å². The lowest BCUT2D eigenvalue weighted by Crippen LogP contribution is -2.15. The van der Waals surface area contributed by atoms with E-state index in [2.05, 4.69) is 5.32 Å². The largest absolute Gasteiger partial charge is 0.323 e. The second kappa shape index (κ2) is 3.81. The van der Waals surface area contributed by atoms with Crippen LogP contribution in [0.4, 0.5) is 10.1 Å². The number of amides is 1. The highest BCUT2D eigenvalue weighted by molar-refractivity contribution is 6.30. The van der Waals surface area contributed by atoms with Crippen molar-refractivity contribution < 1.29 is 9.18 Å². The fourth-order valence-electron chi connectivity index (χ4n) is 1.50. The van der Waals surface area contributed by atoms with Crippen molar-refractivity contribution in [2.45, 2.75) is 13.3 Å². The molecule has 0 aromatic heterocycles. The van der Waals surface area contributed by atoms with E-state index in [4.69, 9.17) is 11.6 Å². The zero-order valence-corrected chi connectivity index (χ0v) is 9.01. The zero-order chi connectivity index (χ0) is 11.0. The molecule has 4 heteroatoms. The van der Waals surface area contributed by atoms with Crippen molar-refractivity contribution in [2.24, 2.45) is 11.8 Å². The summed E-state index contributed by atoms with van der Waals surface area (Å²) in [7, 11) is 0. The second-order valence-corrected chi connectivity index (χ2v) is 4.37. The lowest BCUT2D eigenvalue weighted by atomic mass is 10.2. The summed E-state index contributed by atoms with van der Waals surface area (Å²) in [5.74, 6) is -0.145. The summed E-state index contributed by atoms with van der Waals surface area (Å²) in [5, 5.41) is 2.88. The predicted octanol–water partition coefficient (Wildman–Crippen LogP) is 3.07. The number of nitrogens with one attached hydrogen (secondary N) is 1. The van der Waals surface area contributed by atoms with E-state index in [1.54, 1.807) is 6.07 Å². The molecule has 80 valence electrons. The lowest BCUT2D eigenvalue weighted by Gasteiger charge is -2.05. The van der Waals surface area contributed by atoms with Crippen LogP contribution in [0.3, 0.4) is 0 Å². The molecule has 2 atom stereocenters. The fraction of sp³-hybridized carbons (Fsp3) is 0.364. The molecule has 0 aliphatic heterocycles. The quantitative estimate of drug-likeness (QED) is 0.827. The van der Waals surface area contributed by atoms with Crippen molar-refractivity contribution in [3.8, 4) is 0 Å². The first-order chi connectivity index (χ1) is 7.08. The Morgan fingerprint density at radius 3 is 2.80 bits per heavy atom. The van der Waals surface area contributed by atoms with E-state index in [0.717, 1.165) is 6.42 Å². The molecule has 1 amide bonds. The van der Waals surface area contributed by atoms with E-state index in [1.165, 1.54) is 12.1 Å². The SMILES string of the molecule is CC1CC1C(=O)Nc1ccc(Cl)cc1F. The molecule has 0 radical (unpaired) electrons. The number of anilines is 1. The number of hydrogen-bond acceptors (Lipinski definition) is 1. The van der Waals surface area contributed by atoms with Crippen LogP contribution in [0.15, 0.2) is 18.2 Å². The molecule has 0 bridgehead atoms. The van der Waals surface area contributed by atoms with Crippen LogP contribution in [0.5, 0.6) is 0 Å². The summed E-state index contributed by atoms with van der Waals surface area (Å²) in [5.41, 5.74) is 0.198. The molecule has 1 aromatic rings. The smallest absolute Gasteiger partial charge is 0.227 e. The average molecular weight is 228 g/mol. The molecule has 0 spiro atoms. The van der Waals surface area contributed by atoms with Gasteiger partial charge >= 0.3 is 0 Å². The number of hydrogen-bond donors (Lipinski definition) is 1. The third kappa shape index (κ3) is 2.29. The van der Waals surface area contributed by atoms with Crippen molar-refractivity contribution in [1.82, 2.24) is 0 Å². The van der Waals surface area contributed by atoms with Crippen molar-refractivity contribution in [1.29, 1.82) is 0 Å². The number of carbonyl (C=O) groups excluding carboxylic acids is 1. The van der Waals surface area contributed by atoms with Crippen LogP contribution in [-0.4, -0.2) is 5.91 Å². The molecule has 1 aromatic carbocycles. The van der Waals surface area contributed by atoms with Gasteiger partial charge in [-0.3, -0.25) is 4.79 Å². The van der Waals surface area contributed by atoms with Gasteiger partial charge in [0.15, 0.2) is 0 Å². The van der Waals surface area contributed by atoms with Crippen LogP contribution in [-0.2, 0) is 4.79 Å². The first kappa shape index (κ1) is 10.4. The Kier molecular flexibility index (Phi) is 2.65. The van der Waals surface area contributed by atoms with Crippen LogP contribution in [0.25, 0.3) is 0 Å². The minimum atomic E-state index is -0.496. The maximum atomic E-state index is 13.3. The van der Waals surface area contributed by atoms with Gasteiger partial charge in [-0.05, 0) is 30.5 Å². The van der Waals surface area contributed by atoms with Gasteiger partial charge in [0.1, 0.15) is 5.82 Å². The first-order valence-electron chi connectivity index (χ1n) is 4.84. The Morgan fingerprint density at radius 2 is 2.27 bits per heavy atom. The highest BCUT2D eigenvalue weighted by Crippen LogP contribution is 2.38. The minimum Gasteiger partial charge on any atom is -0.323 e. The molecular weight excluding hydrogens is 217 g/mol. The minimum absolute atomic E-state index is 0.0417. The van der Waals surface area contributed by atoms with Crippen molar-refractivity contribution in [3.05, 3.63) is 29.0 Å². The topological polar surface area (TPSA) is 29.1 Å². The summed E-state index contributed by atoms with van der Waals surface area (Å²) in [6.07, 6.45) is 0.890. The maximum absolute atomic E-state index is 13.3. The van der Waals surface area contributed by atoms with Crippen LogP contribution in [0.1, 0.15) is 13.3 Å². The van der Waals surface area contributed by atoms with E-state index in [-0.39, 0.29) is 17.5 Å². The third-order valence-electron chi connectivity index (χ3n) is 2.64. The number of benzene rings is 1. The van der Waals surface area contributed by atoms with Crippen LogP contribution in [0, 0.1) is 17.7 Å². The van der Waals surface area contributed by atoms with E-state index in [0.29, 0.717) is 10.9 Å². The predicted molar refractivity (Wildman–Crippen MR) is 57.3 cm³/mol. The van der Waals surface area contributed by atoms with E-state index in [9.17, 15) is 9.18 Å². The Bertz CT molecular complexity index is 408. The van der Waals surface area contributed by atoms with Crippen LogP contribution < -0.4 is 5.32 Å². The number of halogens is 2. The molecule has 1 N–H and O–H groups in total. The van der Waals surface area contributed by atoms with Crippen molar-refractivity contribution in [2.75, 3.05) is 5.32 Å². The van der Waals surface area contributed by atoms with Gasteiger partial charge in [0.05, 0.1) is 5.69 Å². The number of rotatable bonds is 2. The molecule has 15 heavy (non-hydrogen) atoms. The summed E-state index contributed by atoms with van der Waals surface area (Å²) >= 11 is 5.60. The fourth-order valence-corrected chi connectivity index (χ4v) is 1.66. The molecule has 2 nitrogen and oxygen atoms in total. The Labute approximate surface area is 92.4 Å². The first-order valence-corrected chi connectivity index (χ1v) is 5.21. The Morgan fingerprint density at radius 1 is 1.60 bits per heavy atom.